The Morgan fingerprint density at radius 3 is 2.58 bits per heavy atom. The Hall–Kier alpha value is -3.07. The summed E-state index contributed by atoms with van der Waals surface area (Å²) in [6.07, 6.45) is 2.48. The van der Waals surface area contributed by atoms with E-state index in [1.54, 1.807) is 13.4 Å². The van der Waals surface area contributed by atoms with E-state index in [9.17, 15) is 0 Å². The third-order valence-corrected chi connectivity index (χ3v) is 4.09. The predicted octanol–water partition coefficient (Wildman–Crippen LogP) is 5.09. The van der Waals surface area contributed by atoms with Gasteiger partial charge in [-0.25, -0.2) is 4.98 Å². The Morgan fingerprint density at radius 1 is 0.958 bits per heavy atom. The highest BCUT2D eigenvalue weighted by molar-refractivity contribution is 5.85. The van der Waals surface area contributed by atoms with Crippen LogP contribution in [0.1, 0.15) is 11.1 Å². The Kier molecular flexibility index (Phi) is 3.75. The molecule has 0 aliphatic rings. The van der Waals surface area contributed by atoms with Gasteiger partial charge in [-0.15, -0.1) is 0 Å². The van der Waals surface area contributed by atoms with Gasteiger partial charge in [0.15, 0.2) is 0 Å². The molecule has 0 fully saturated rings. The molecule has 3 nitrogen and oxygen atoms in total. The number of benzene rings is 2. The van der Waals surface area contributed by atoms with Gasteiger partial charge in [-0.1, -0.05) is 30.3 Å². The van der Waals surface area contributed by atoms with Crippen molar-refractivity contribution in [1.82, 2.24) is 4.98 Å². The molecule has 0 unspecified atom stereocenters. The fraction of sp³-hybridized carbons (Fsp3) is 0.0952. The first-order chi connectivity index (χ1) is 11.8. The molecule has 0 saturated carbocycles. The van der Waals surface area contributed by atoms with Gasteiger partial charge in [0.25, 0.3) is 0 Å². The van der Waals surface area contributed by atoms with Gasteiger partial charge in [-0.05, 0) is 42.0 Å². The molecule has 4 rings (SSSR count). The second-order valence-corrected chi connectivity index (χ2v) is 5.70. The number of hydrogen-bond acceptors (Lipinski definition) is 3. The Morgan fingerprint density at radius 2 is 1.83 bits per heavy atom. The van der Waals surface area contributed by atoms with Crippen molar-refractivity contribution < 1.29 is 9.15 Å². The van der Waals surface area contributed by atoms with E-state index in [2.05, 4.69) is 29.2 Å². The summed E-state index contributed by atoms with van der Waals surface area (Å²) in [5.74, 6) is 1.54. The van der Waals surface area contributed by atoms with Gasteiger partial charge in [0, 0.05) is 22.9 Å². The van der Waals surface area contributed by atoms with Crippen LogP contribution in [0.4, 0.5) is 0 Å². The molecule has 0 saturated heterocycles. The van der Waals surface area contributed by atoms with E-state index in [0.717, 1.165) is 34.2 Å². The number of aromatic nitrogens is 1. The molecular weight excluding hydrogens is 298 g/mol. The first-order valence-corrected chi connectivity index (χ1v) is 7.89. The predicted molar refractivity (Wildman–Crippen MR) is 95.2 cm³/mol. The van der Waals surface area contributed by atoms with E-state index < -0.39 is 0 Å². The number of rotatable bonds is 4. The molecular formula is C21H17NO2. The summed E-state index contributed by atoms with van der Waals surface area (Å²) in [4.78, 5) is 4.66. The quantitative estimate of drug-likeness (QED) is 0.526. The van der Waals surface area contributed by atoms with Crippen LogP contribution in [0.3, 0.4) is 0 Å². The van der Waals surface area contributed by atoms with Crippen LogP contribution in [-0.2, 0) is 6.42 Å². The summed E-state index contributed by atoms with van der Waals surface area (Å²) in [5.41, 5.74) is 4.27. The molecule has 0 bridgehead atoms. The van der Waals surface area contributed by atoms with E-state index in [1.165, 1.54) is 5.56 Å². The molecule has 0 amide bonds. The van der Waals surface area contributed by atoms with Crippen LogP contribution in [0.25, 0.3) is 22.2 Å². The number of pyridine rings is 1. The summed E-state index contributed by atoms with van der Waals surface area (Å²) < 4.78 is 11.0. The fourth-order valence-corrected chi connectivity index (χ4v) is 2.92. The van der Waals surface area contributed by atoms with Crippen molar-refractivity contribution in [2.24, 2.45) is 0 Å². The first-order valence-electron chi connectivity index (χ1n) is 7.89. The van der Waals surface area contributed by atoms with Gasteiger partial charge in [-0.2, -0.15) is 0 Å². The molecule has 0 atom stereocenters. The van der Waals surface area contributed by atoms with Gasteiger partial charge in [0.05, 0.1) is 18.9 Å². The van der Waals surface area contributed by atoms with Crippen LogP contribution >= 0.6 is 0 Å². The topological polar surface area (TPSA) is 35.3 Å². The zero-order chi connectivity index (χ0) is 16.4. The third kappa shape index (κ3) is 2.76. The average Bonchev–Trinajstić information content (AvgIpc) is 3.16. The maximum absolute atomic E-state index is 5.50. The van der Waals surface area contributed by atoms with Crippen molar-refractivity contribution in [3.05, 3.63) is 84.1 Å². The Bertz CT molecular complexity index is 960. The average molecular weight is 315 g/mol. The highest BCUT2D eigenvalue weighted by Gasteiger charge is 2.10. The SMILES string of the molecule is COc1nc2ccc(-c3ccco3)cc2cc1Cc1ccccc1. The van der Waals surface area contributed by atoms with Crippen molar-refractivity contribution in [3.8, 4) is 17.2 Å². The Labute approximate surface area is 140 Å². The van der Waals surface area contributed by atoms with Gasteiger partial charge in [-0.3, -0.25) is 0 Å². The second-order valence-electron chi connectivity index (χ2n) is 5.70. The molecule has 4 aromatic rings. The maximum atomic E-state index is 5.50. The maximum Gasteiger partial charge on any atom is 0.217 e. The molecule has 118 valence electrons. The van der Waals surface area contributed by atoms with E-state index in [1.807, 2.05) is 42.5 Å². The Balaban J connectivity index is 1.80. The van der Waals surface area contributed by atoms with E-state index in [0.29, 0.717) is 5.88 Å². The fourth-order valence-electron chi connectivity index (χ4n) is 2.92. The number of fused-ring (bicyclic) bond motifs is 1. The van der Waals surface area contributed by atoms with Crippen molar-refractivity contribution >= 4 is 10.9 Å². The van der Waals surface area contributed by atoms with Gasteiger partial charge in [0.1, 0.15) is 5.76 Å². The van der Waals surface area contributed by atoms with Crippen LogP contribution in [-0.4, -0.2) is 12.1 Å². The zero-order valence-electron chi connectivity index (χ0n) is 13.4. The molecule has 0 spiro atoms. The number of nitrogens with zero attached hydrogens (tertiary/aromatic N) is 1. The minimum atomic E-state index is 0.678. The summed E-state index contributed by atoms with van der Waals surface area (Å²) >= 11 is 0. The summed E-state index contributed by atoms with van der Waals surface area (Å²) in [6.45, 7) is 0. The molecule has 2 aromatic carbocycles. The lowest BCUT2D eigenvalue weighted by molar-refractivity contribution is 0.395. The van der Waals surface area contributed by atoms with Crippen LogP contribution in [0.5, 0.6) is 5.88 Å². The molecule has 3 heteroatoms. The normalized spacial score (nSPS) is 10.9. The third-order valence-electron chi connectivity index (χ3n) is 4.09. The van der Waals surface area contributed by atoms with E-state index in [4.69, 9.17) is 9.15 Å². The highest BCUT2D eigenvalue weighted by Crippen LogP contribution is 2.28. The molecule has 0 aliphatic heterocycles. The lowest BCUT2D eigenvalue weighted by Gasteiger charge is -2.10. The van der Waals surface area contributed by atoms with Crippen molar-refractivity contribution in [2.75, 3.05) is 7.11 Å². The monoisotopic (exact) mass is 315 g/mol. The van der Waals surface area contributed by atoms with Gasteiger partial charge < -0.3 is 9.15 Å². The smallest absolute Gasteiger partial charge is 0.217 e. The molecule has 0 aliphatic carbocycles. The minimum Gasteiger partial charge on any atom is -0.481 e. The largest absolute Gasteiger partial charge is 0.481 e. The van der Waals surface area contributed by atoms with E-state index >= 15 is 0 Å². The van der Waals surface area contributed by atoms with Crippen molar-refractivity contribution in [3.63, 3.8) is 0 Å². The standard InChI is InChI=1S/C21H17NO2/c1-23-21-18(12-15-6-3-2-4-7-15)14-17-13-16(9-10-19(17)22-21)20-8-5-11-24-20/h2-11,13-14H,12H2,1H3. The van der Waals surface area contributed by atoms with Crippen LogP contribution < -0.4 is 4.74 Å². The second kappa shape index (κ2) is 6.20. The molecule has 2 aromatic heterocycles. The number of hydrogen-bond donors (Lipinski definition) is 0. The lowest BCUT2D eigenvalue weighted by atomic mass is 10.0. The van der Waals surface area contributed by atoms with E-state index in [-0.39, 0.29) is 0 Å². The number of ether oxygens (including phenoxy) is 1. The molecule has 0 N–H and O–H groups in total. The lowest BCUT2D eigenvalue weighted by Crippen LogP contribution is -1.97. The van der Waals surface area contributed by atoms with Gasteiger partial charge in [0.2, 0.25) is 5.88 Å². The summed E-state index contributed by atoms with van der Waals surface area (Å²) in [5, 5.41) is 1.08. The van der Waals surface area contributed by atoms with Crippen molar-refractivity contribution in [1.29, 1.82) is 0 Å². The van der Waals surface area contributed by atoms with Crippen molar-refractivity contribution in [2.45, 2.75) is 6.42 Å². The number of furan rings is 1. The first kappa shape index (κ1) is 14.5. The van der Waals surface area contributed by atoms with Gasteiger partial charge >= 0.3 is 0 Å². The van der Waals surface area contributed by atoms with Crippen LogP contribution in [0.2, 0.25) is 0 Å². The molecule has 2 heterocycles. The van der Waals surface area contributed by atoms with Crippen LogP contribution in [0.15, 0.2) is 77.4 Å². The van der Waals surface area contributed by atoms with Crippen LogP contribution in [0, 0.1) is 0 Å². The number of methoxy groups -OCH3 is 1. The summed E-state index contributed by atoms with van der Waals surface area (Å²) in [7, 11) is 1.67. The summed E-state index contributed by atoms with van der Waals surface area (Å²) in [6, 6.07) is 22.5. The minimum absolute atomic E-state index is 0.678. The molecule has 0 radical (unpaired) electrons. The zero-order valence-corrected chi connectivity index (χ0v) is 13.4. The highest BCUT2D eigenvalue weighted by atomic mass is 16.5. The molecule has 24 heavy (non-hydrogen) atoms.